The molecular weight excluding hydrogens is 282 g/mol. The van der Waals surface area contributed by atoms with E-state index in [-0.39, 0.29) is 8.76 Å². The first-order chi connectivity index (χ1) is 10.9. The van der Waals surface area contributed by atoms with Gasteiger partial charge in [-0.05, 0) is 92.3 Å². The van der Waals surface area contributed by atoms with Gasteiger partial charge in [-0.15, -0.1) is 0 Å². The Morgan fingerprint density at radius 1 is 1.00 bits per heavy atom. The monoisotopic (exact) mass is 321 g/mol. The van der Waals surface area contributed by atoms with Gasteiger partial charge in [0.15, 0.2) is 0 Å². The van der Waals surface area contributed by atoms with Gasteiger partial charge in [0, 0.05) is 15.8 Å². The van der Waals surface area contributed by atoms with Crippen LogP contribution in [-0.4, -0.2) is 11.9 Å². The second-order valence-electron chi connectivity index (χ2n) is 9.91. The van der Waals surface area contributed by atoms with Crippen LogP contribution in [0.5, 0.6) is 0 Å². The minimum absolute atomic E-state index is 0. The van der Waals surface area contributed by atoms with Gasteiger partial charge in [-0.2, -0.15) is 0 Å². The fourth-order valence-corrected chi connectivity index (χ4v) is 7.67. The number of amides is 1. The predicted molar refractivity (Wildman–Crippen MR) is 98.2 cm³/mol. The zero-order chi connectivity index (χ0) is 16.2. The highest BCUT2D eigenvalue weighted by Crippen LogP contribution is 2.66. The van der Waals surface area contributed by atoms with Crippen LogP contribution in [0, 0.1) is 34.5 Å². The van der Waals surface area contributed by atoms with Gasteiger partial charge in [-0.3, -0.25) is 4.79 Å². The SMILES string of the molecule is CC(=O)N[C@@H]1CC[C@]2(C)C3CC[C@]4(C)CCCC4[C@@H]3CC[C@H]2C1.[HH].[HH]. The van der Waals surface area contributed by atoms with Crippen LogP contribution in [-0.2, 0) is 4.79 Å². The molecule has 7 atom stereocenters. The Labute approximate surface area is 145 Å². The minimum atomic E-state index is 0. The van der Waals surface area contributed by atoms with Crippen LogP contribution >= 0.6 is 0 Å². The molecule has 134 valence electrons. The first-order valence-corrected chi connectivity index (χ1v) is 10.2. The van der Waals surface area contributed by atoms with Gasteiger partial charge in [0.2, 0.25) is 5.91 Å². The normalized spacial score (nSPS) is 52.2. The maximum Gasteiger partial charge on any atom is 0.217 e. The van der Waals surface area contributed by atoms with Gasteiger partial charge in [0.05, 0.1) is 0 Å². The molecule has 0 saturated heterocycles. The molecule has 2 heteroatoms. The topological polar surface area (TPSA) is 29.1 Å². The number of carbonyl (C=O) groups is 1. The zero-order valence-corrected chi connectivity index (χ0v) is 15.4. The maximum atomic E-state index is 11.4. The number of hydrogen-bond donors (Lipinski definition) is 1. The maximum absolute atomic E-state index is 11.4. The summed E-state index contributed by atoms with van der Waals surface area (Å²) in [4.78, 5) is 11.4. The molecule has 1 N–H and O–H groups in total. The Morgan fingerprint density at radius 3 is 2.61 bits per heavy atom. The van der Waals surface area contributed by atoms with E-state index in [2.05, 4.69) is 19.2 Å². The highest BCUT2D eigenvalue weighted by Gasteiger charge is 2.57. The van der Waals surface area contributed by atoms with Crippen molar-refractivity contribution in [3.8, 4) is 0 Å². The largest absolute Gasteiger partial charge is 0.354 e. The quantitative estimate of drug-likeness (QED) is 0.687. The van der Waals surface area contributed by atoms with Gasteiger partial charge >= 0.3 is 0 Å². The molecule has 0 aromatic heterocycles. The molecule has 0 radical (unpaired) electrons. The van der Waals surface area contributed by atoms with Crippen molar-refractivity contribution >= 4 is 5.91 Å². The Morgan fingerprint density at radius 2 is 1.83 bits per heavy atom. The number of nitrogens with one attached hydrogen (secondary N) is 1. The summed E-state index contributed by atoms with van der Waals surface area (Å²) in [5.74, 6) is 4.00. The Bertz CT molecular complexity index is 498. The third kappa shape index (κ3) is 2.46. The predicted octanol–water partition coefficient (Wildman–Crippen LogP) is 5.42. The highest BCUT2D eigenvalue weighted by molar-refractivity contribution is 5.73. The number of rotatable bonds is 1. The van der Waals surface area contributed by atoms with Crippen LogP contribution in [0.2, 0.25) is 0 Å². The molecule has 1 amide bonds. The molecule has 4 aliphatic rings. The molecule has 2 unspecified atom stereocenters. The summed E-state index contributed by atoms with van der Waals surface area (Å²) >= 11 is 0. The van der Waals surface area contributed by atoms with Gasteiger partial charge < -0.3 is 5.32 Å². The van der Waals surface area contributed by atoms with Crippen molar-refractivity contribution in [2.24, 2.45) is 34.5 Å². The van der Waals surface area contributed by atoms with Crippen molar-refractivity contribution in [1.82, 2.24) is 5.32 Å². The summed E-state index contributed by atoms with van der Waals surface area (Å²) in [6, 6.07) is 0.447. The molecule has 0 aliphatic heterocycles. The lowest BCUT2D eigenvalue weighted by molar-refractivity contribution is -0.124. The third-order valence-electron chi connectivity index (χ3n) is 8.85. The van der Waals surface area contributed by atoms with Gasteiger partial charge in [0.1, 0.15) is 0 Å². The third-order valence-corrected chi connectivity index (χ3v) is 8.85. The lowest BCUT2D eigenvalue weighted by Crippen LogP contribution is -2.54. The minimum Gasteiger partial charge on any atom is -0.354 e. The fourth-order valence-electron chi connectivity index (χ4n) is 7.67. The average Bonchev–Trinajstić information content (AvgIpc) is 2.89. The molecule has 0 heterocycles. The van der Waals surface area contributed by atoms with Crippen LogP contribution in [0.25, 0.3) is 0 Å². The molecule has 4 fully saturated rings. The summed E-state index contributed by atoms with van der Waals surface area (Å²) in [5, 5.41) is 3.21. The van der Waals surface area contributed by atoms with E-state index in [1.54, 1.807) is 6.92 Å². The average molecular weight is 322 g/mol. The second-order valence-corrected chi connectivity index (χ2v) is 9.91. The van der Waals surface area contributed by atoms with E-state index < -0.39 is 0 Å². The van der Waals surface area contributed by atoms with E-state index in [0.29, 0.717) is 16.9 Å². The second kappa shape index (κ2) is 5.49. The van der Waals surface area contributed by atoms with E-state index in [1.165, 1.54) is 64.2 Å². The first kappa shape index (κ1) is 16.0. The van der Waals surface area contributed by atoms with Crippen LogP contribution < -0.4 is 5.32 Å². The molecular formula is C21H39NO. The number of carbonyl (C=O) groups excluding carboxylic acids is 1. The summed E-state index contributed by atoms with van der Waals surface area (Å²) < 4.78 is 0. The summed E-state index contributed by atoms with van der Waals surface area (Å²) in [7, 11) is 0. The van der Waals surface area contributed by atoms with Crippen molar-refractivity contribution in [1.29, 1.82) is 0 Å². The van der Waals surface area contributed by atoms with Crippen molar-refractivity contribution in [3.63, 3.8) is 0 Å². The Kier molecular flexibility index (Phi) is 3.81. The molecule has 23 heavy (non-hydrogen) atoms. The molecule has 0 aromatic rings. The molecule has 0 spiro atoms. The van der Waals surface area contributed by atoms with Crippen molar-refractivity contribution in [2.75, 3.05) is 0 Å². The van der Waals surface area contributed by atoms with Gasteiger partial charge in [0.25, 0.3) is 0 Å². The lowest BCUT2D eigenvalue weighted by atomic mass is 9.45. The summed E-state index contributed by atoms with van der Waals surface area (Å²) in [6.07, 6.45) is 14.1. The van der Waals surface area contributed by atoms with E-state index in [9.17, 15) is 4.79 Å². The van der Waals surface area contributed by atoms with Crippen LogP contribution in [0.3, 0.4) is 0 Å². The summed E-state index contributed by atoms with van der Waals surface area (Å²) in [6.45, 7) is 6.89. The van der Waals surface area contributed by atoms with Crippen LogP contribution in [0.1, 0.15) is 87.8 Å². The van der Waals surface area contributed by atoms with Crippen molar-refractivity contribution in [2.45, 2.75) is 91.0 Å². The molecule has 0 aromatic carbocycles. The van der Waals surface area contributed by atoms with E-state index >= 15 is 0 Å². The number of hydrogen-bond acceptors (Lipinski definition) is 1. The smallest absolute Gasteiger partial charge is 0.217 e. The molecule has 4 saturated carbocycles. The fraction of sp³-hybridized carbons (Fsp3) is 0.952. The van der Waals surface area contributed by atoms with E-state index in [1.807, 2.05) is 0 Å². The van der Waals surface area contributed by atoms with E-state index in [0.717, 1.165) is 23.7 Å². The Balaban J connectivity index is 0.00000113. The first-order valence-electron chi connectivity index (χ1n) is 10.2. The van der Waals surface area contributed by atoms with Crippen molar-refractivity contribution < 1.29 is 7.65 Å². The molecule has 0 bridgehead atoms. The number of fused-ring (bicyclic) bond motifs is 5. The summed E-state index contributed by atoms with van der Waals surface area (Å²) in [5.41, 5.74) is 1.24. The van der Waals surface area contributed by atoms with E-state index in [4.69, 9.17) is 0 Å². The molecule has 4 rings (SSSR count). The zero-order valence-electron chi connectivity index (χ0n) is 15.4. The molecule has 4 aliphatic carbocycles. The van der Waals surface area contributed by atoms with Gasteiger partial charge in [-0.1, -0.05) is 20.3 Å². The standard InChI is InChI=1S/C21H35NO.2H2/c1-14(23)22-16-8-12-21(3)15(13-16)6-7-17-18-5-4-10-20(18,2)11-9-19(17)21;;/h15-19H,4-13H2,1-3H3,(H,22,23);2*1H/t15-,16+,17-,18?,19?,20-,21-;;/m0../s1. The molecule has 2 nitrogen and oxygen atoms in total. The van der Waals surface area contributed by atoms with Gasteiger partial charge in [-0.25, -0.2) is 0 Å². The van der Waals surface area contributed by atoms with Crippen LogP contribution in [0.4, 0.5) is 0 Å². The highest BCUT2D eigenvalue weighted by atomic mass is 16.1. The van der Waals surface area contributed by atoms with Crippen LogP contribution in [0.15, 0.2) is 0 Å². The van der Waals surface area contributed by atoms with Crippen molar-refractivity contribution in [3.05, 3.63) is 0 Å². The lowest BCUT2D eigenvalue weighted by Gasteiger charge is -2.60. The Hall–Kier alpha value is -0.530.